The average molecular weight is 72.8 g/mol. The summed E-state index contributed by atoms with van der Waals surface area (Å²) >= 11 is 0. The summed E-state index contributed by atoms with van der Waals surface area (Å²) < 4.78 is 0. The number of hydrogen-bond donors (Lipinski definition) is 1. The Morgan fingerprint density at radius 3 is 2.00 bits per heavy atom. The molecule has 0 radical (unpaired) electrons. The van der Waals surface area contributed by atoms with Crippen molar-refractivity contribution < 1.29 is 0 Å². The van der Waals surface area contributed by atoms with Crippen LogP contribution in [0.5, 0.6) is 0 Å². The molecule has 0 amide bonds. The molecule has 0 aliphatic heterocycles. The van der Waals surface area contributed by atoms with Crippen LogP contribution < -0.4 is 5.50 Å². The second kappa shape index (κ2) is 1.63. The van der Waals surface area contributed by atoms with Gasteiger partial charge in [0.05, 0.1) is 0 Å². The molecule has 0 spiro atoms. The van der Waals surface area contributed by atoms with E-state index in [0.29, 0.717) is 0 Å². The quantitative estimate of drug-likeness (QED) is 0.318. The van der Waals surface area contributed by atoms with Crippen molar-refractivity contribution in [2.75, 3.05) is 6.66 Å². The first kappa shape index (κ1) is 4.32. The fourth-order valence-corrected chi connectivity index (χ4v) is 0. The van der Waals surface area contributed by atoms with Crippen LogP contribution in [0.4, 0.5) is 0 Å². The van der Waals surface area contributed by atoms with Gasteiger partial charge < -0.3 is 0 Å². The van der Waals surface area contributed by atoms with Crippen LogP contribution in [-0.2, 0) is 0 Å². The summed E-state index contributed by atoms with van der Waals surface area (Å²) in [5.41, 5.74) is 4.95. The topological polar surface area (TPSA) is 26.0 Å². The van der Waals surface area contributed by atoms with Crippen molar-refractivity contribution in [1.82, 2.24) is 0 Å². The molecule has 0 aliphatic carbocycles. The third-order valence-electron chi connectivity index (χ3n) is 0. The van der Waals surface area contributed by atoms with Crippen LogP contribution in [0.15, 0.2) is 0 Å². The Hall–Kier alpha value is 0.325. The molecule has 0 rings (SSSR count). The molecule has 0 aromatic carbocycles. The molecule has 1 nitrogen and oxygen atoms in total. The molecule has 0 aliphatic rings. The van der Waals surface area contributed by atoms with E-state index >= 15 is 0 Å². The van der Waals surface area contributed by atoms with Gasteiger partial charge in [0.25, 0.3) is 0 Å². The molecule has 0 aromatic heterocycles. The Bertz CT molecular complexity index is 54.2. The zero-order valence-corrected chi connectivity index (χ0v) is 3.50. The van der Waals surface area contributed by atoms with Crippen molar-refractivity contribution in [3.63, 3.8) is 0 Å². The van der Waals surface area contributed by atoms with E-state index in [1.54, 1.807) is 6.66 Å². The molecule has 0 fully saturated rings. The number of hydrogen-bond acceptors (Lipinski definition) is 1. The first-order valence-corrected chi connectivity index (χ1v) is 2.89. The van der Waals surface area contributed by atoms with Crippen LogP contribution in [-0.4, -0.2) is 13.7 Å². The summed E-state index contributed by atoms with van der Waals surface area (Å²) in [6.45, 7) is 1.79. The van der Waals surface area contributed by atoms with Gasteiger partial charge in [0.2, 0.25) is 0 Å². The van der Waals surface area contributed by atoms with Gasteiger partial charge in [-0.2, -0.15) is 0 Å². The maximum atomic E-state index is 4.95. The van der Waals surface area contributed by atoms with E-state index in [0.717, 1.165) is 0 Å². The Balaban J connectivity index is 3.02. The molecular weight excluding hydrogens is 67.8 g/mol. The second-order valence-corrected chi connectivity index (χ2v) is 2.00. The van der Waals surface area contributed by atoms with Crippen LogP contribution >= 0.6 is 7.39 Å². The molecule has 4 heavy (non-hydrogen) atoms. The summed E-state index contributed by atoms with van der Waals surface area (Å²) in [5, 5.41) is 0. The zero-order valence-electron chi connectivity index (χ0n) is 2.60. The molecule has 3 heteroatoms. The Morgan fingerprint density at radius 2 is 2.00 bits per heavy atom. The summed E-state index contributed by atoms with van der Waals surface area (Å²) in [7, 11) is 4.33. The summed E-state index contributed by atoms with van der Waals surface area (Å²) in [5.74, 6) is 0. The molecular formula is CH5BNP. The fourth-order valence-electron chi connectivity index (χ4n) is 0. The Labute approximate surface area is 27.6 Å². The monoisotopic (exact) mass is 73.0 g/mol. The normalized spacial score (nSPS) is 11.5. The van der Waals surface area contributed by atoms with Crippen molar-refractivity contribution in [1.29, 1.82) is 0 Å². The summed E-state index contributed by atoms with van der Waals surface area (Å²) in [4.78, 5) is 0. The van der Waals surface area contributed by atoms with Gasteiger partial charge in [0.15, 0.2) is 0 Å². The molecule has 0 saturated heterocycles. The van der Waals surface area contributed by atoms with E-state index in [9.17, 15) is 0 Å². The number of rotatable bonds is 0. The van der Waals surface area contributed by atoms with Crippen LogP contribution in [0.25, 0.3) is 0 Å². The van der Waals surface area contributed by atoms with E-state index < -0.39 is 7.39 Å². The molecule has 0 bridgehead atoms. The van der Waals surface area contributed by atoms with E-state index in [1.807, 2.05) is 0 Å². The minimum absolute atomic E-state index is 0.620. The predicted molar refractivity (Wildman–Crippen MR) is 22.8 cm³/mol. The van der Waals surface area contributed by atoms with Gasteiger partial charge in [-0.25, -0.2) is 0 Å². The maximum absolute atomic E-state index is 4.95. The van der Waals surface area contributed by atoms with Gasteiger partial charge >= 0.3 is 26.6 Å². The van der Waals surface area contributed by atoms with Crippen LogP contribution in [0, 0.1) is 0 Å². The zero-order chi connectivity index (χ0) is 3.58. The predicted octanol–water partition coefficient (Wildman–Crippen LogP) is 0.0553. The van der Waals surface area contributed by atoms with Crippen molar-refractivity contribution in [3.05, 3.63) is 0 Å². The van der Waals surface area contributed by atoms with Gasteiger partial charge in [-0.1, -0.05) is 0 Å². The first-order chi connectivity index (χ1) is 1.73. The van der Waals surface area contributed by atoms with Crippen molar-refractivity contribution in [2.24, 2.45) is 5.50 Å². The molecule has 0 aromatic rings. The van der Waals surface area contributed by atoms with Gasteiger partial charge in [0, 0.05) is 0 Å². The van der Waals surface area contributed by atoms with Gasteiger partial charge in [-0.05, 0) is 0 Å². The molecule has 1 unspecified atom stereocenters. The second-order valence-electron chi connectivity index (χ2n) is 0.665. The number of nitrogens with two attached hydrogens (primary N) is 1. The van der Waals surface area contributed by atoms with Crippen LogP contribution in [0.3, 0.4) is 0 Å². The third kappa shape index (κ3) is 38.7. The summed E-state index contributed by atoms with van der Waals surface area (Å²) in [6.07, 6.45) is 0. The molecule has 2 N–H and O–H groups in total. The van der Waals surface area contributed by atoms with Crippen molar-refractivity contribution in [2.45, 2.75) is 0 Å². The van der Waals surface area contributed by atoms with E-state index in [4.69, 9.17) is 12.5 Å². The average Bonchev–Trinajstić information content (AvgIpc) is 0.811. The minimum atomic E-state index is -0.620. The molecule has 0 saturated carbocycles. The van der Waals surface area contributed by atoms with Crippen molar-refractivity contribution in [3.8, 4) is 0 Å². The fraction of sp³-hybridized carbons (Fsp3) is 1.00. The Morgan fingerprint density at radius 1 is 2.00 bits per heavy atom. The van der Waals surface area contributed by atoms with Gasteiger partial charge in [0.1, 0.15) is 0 Å². The van der Waals surface area contributed by atoms with Gasteiger partial charge in [-0.15, -0.1) is 0 Å². The van der Waals surface area contributed by atoms with Crippen molar-refractivity contribution >= 4 is 14.4 Å². The standard InChI is InChI=1S/CH5BNP/c1-4(2)3/h3H2,1H3. The molecule has 1 atom stereocenters. The Kier molecular flexibility index (Phi) is 1.76. The van der Waals surface area contributed by atoms with Gasteiger partial charge in [-0.3, -0.25) is 0 Å². The van der Waals surface area contributed by atoms with E-state index in [2.05, 4.69) is 0 Å². The summed E-state index contributed by atoms with van der Waals surface area (Å²) in [6, 6.07) is 0. The SMILES string of the molecule is B#P(C)N. The van der Waals surface area contributed by atoms with E-state index in [-0.39, 0.29) is 0 Å². The first-order valence-electron chi connectivity index (χ1n) is 0.964. The third-order valence-corrected chi connectivity index (χ3v) is 0. The molecule has 22 valence electrons. The van der Waals surface area contributed by atoms with Crippen LogP contribution in [0.1, 0.15) is 0 Å². The van der Waals surface area contributed by atoms with Crippen LogP contribution in [0.2, 0.25) is 0 Å². The molecule has 0 heterocycles. The van der Waals surface area contributed by atoms with E-state index in [1.165, 1.54) is 0 Å².